The summed E-state index contributed by atoms with van der Waals surface area (Å²) in [5.74, 6) is -0.416. The quantitative estimate of drug-likeness (QED) is 0.428. The number of imidazole rings is 1. The number of carbonyl (C=O) groups is 1. The molecule has 3 rings (SSSR count). The molecule has 0 spiro atoms. The Morgan fingerprint density at radius 1 is 1.31 bits per heavy atom. The average molecular weight is 525 g/mol. The summed E-state index contributed by atoms with van der Waals surface area (Å²) in [5, 5.41) is 9.61. The van der Waals surface area contributed by atoms with Crippen LogP contribution in [0.25, 0.3) is 0 Å². The molecule has 29 heavy (non-hydrogen) atoms. The summed E-state index contributed by atoms with van der Waals surface area (Å²) in [4.78, 5) is 17.7. The third kappa shape index (κ3) is 4.51. The highest BCUT2D eigenvalue weighted by molar-refractivity contribution is 14.1. The molecule has 5 nitrogen and oxygen atoms in total. The van der Waals surface area contributed by atoms with Crippen molar-refractivity contribution in [3.63, 3.8) is 0 Å². The Bertz CT molecular complexity index is 914. The van der Waals surface area contributed by atoms with Crippen LogP contribution in [0.1, 0.15) is 48.5 Å². The molecule has 1 aliphatic heterocycles. The topological polar surface area (TPSA) is 58.4 Å². The van der Waals surface area contributed by atoms with Gasteiger partial charge in [0.2, 0.25) is 0 Å². The van der Waals surface area contributed by atoms with Crippen LogP contribution >= 0.6 is 22.6 Å². The van der Waals surface area contributed by atoms with Crippen molar-refractivity contribution in [2.45, 2.75) is 51.4 Å². The lowest BCUT2D eigenvalue weighted by atomic mass is 9.99. The predicted molar refractivity (Wildman–Crippen MR) is 106 cm³/mol. The van der Waals surface area contributed by atoms with Gasteiger partial charge in [-0.15, -0.1) is 0 Å². The molecule has 1 amide bonds. The number of hydrogen-bond donors (Lipinski definition) is 1. The van der Waals surface area contributed by atoms with Gasteiger partial charge in [0.15, 0.2) is 0 Å². The number of rotatable bonds is 5. The number of alkyl halides is 3. The minimum Gasteiger partial charge on any atom is -0.465 e. The van der Waals surface area contributed by atoms with Crippen molar-refractivity contribution in [2.75, 3.05) is 6.54 Å². The molecule has 1 aromatic carbocycles. The largest absolute Gasteiger partial charge is 0.465 e. The first-order valence-corrected chi connectivity index (χ1v) is 10.3. The van der Waals surface area contributed by atoms with Crippen molar-refractivity contribution in [3.8, 4) is 0 Å². The van der Waals surface area contributed by atoms with Gasteiger partial charge in [0, 0.05) is 19.5 Å². The van der Waals surface area contributed by atoms with E-state index in [1.807, 2.05) is 11.5 Å². The first-order valence-electron chi connectivity index (χ1n) is 9.23. The van der Waals surface area contributed by atoms with E-state index in [2.05, 4.69) is 27.6 Å². The Morgan fingerprint density at radius 3 is 2.62 bits per heavy atom. The molecule has 1 unspecified atom stereocenters. The van der Waals surface area contributed by atoms with Crippen LogP contribution in [-0.2, 0) is 25.6 Å². The zero-order chi connectivity index (χ0) is 21.3. The first-order chi connectivity index (χ1) is 13.6. The summed E-state index contributed by atoms with van der Waals surface area (Å²) in [6, 6.07) is 2.36. The molecule has 0 saturated carbocycles. The Labute approximate surface area is 178 Å². The maximum atomic E-state index is 13.9. The van der Waals surface area contributed by atoms with Gasteiger partial charge in [0.1, 0.15) is 15.3 Å². The van der Waals surface area contributed by atoms with Crippen molar-refractivity contribution >= 4 is 28.7 Å². The Hall–Kier alpha value is -1.85. The van der Waals surface area contributed by atoms with Crippen molar-refractivity contribution in [3.05, 3.63) is 50.4 Å². The monoisotopic (exact) mass is 525 g/mol. The highest BCUT2D eigenvalue weighted by atomic mass is 127. The normalized spacial score (nSPS) is 16.8. The van der Waals surface area contributed by atoms with Crippen LogP contribution in [0.2, 0.25) is 0 Å². The molecule has 2 aromatic rings. The van der Waals surface area contributed by atoms with Crippen molar-refractivity contribution < 1.29 is 27.5 Å². The smallest absolute Gasteiger partial charge is 0.419 e. The summed E-state index contributed by atoms with van der Waals surface area (Å²) in [7, 11) is 0. The van der Waals surface area contributed by atoms with Crippen LogP contribution in [0.4, 0.5) is 22.4 Å². The molecular formula is C19H20F4IN3O2. The van der Waals surface area contributed by atoms with Crippen LogP contribution in [0.3, 0.4) is 0 Å². The standard InChI is InChI=1S/C19H20F4IN3O2/c1-2-3-15-25-17(24)16-14(26(18(28)29)8-9-27(15)16)7-5-11-4-6-12(13(20)10-11)19(21,22)23/h4,6,10,14H,2-3,5,7-9H2,1H3,(H,28,29). The van der Waals surface area contributed by atoms with Gasteiger partial charge >= 0.3 is 12.3 Å². The highest BCUT2D eigenvalue weighted by Gasteiger charge is 2.36. The number of hydrogen-bond acceptors (Lipinski definition) is 2. The maximum absolute atomic E-state index is 13.9. The van der Waals surface area contributed by atoms with E-state index in [4.69, 9.17) is 0 Å². The molecular weight excluding hydrogens is 505 g/mol. The second-order valence-electron chi connectivity index (χ2n) is 6.95. The summed E-state index contributed by atoms with van der Waals surface area (Å²) < 4.78 is 54.9. The molecule has 0 fully saturated rings. The molecule has 10 heteroatoms. The number of amides is 1. The van der Waals surface area contributed by atoms with Crippen LogP contribution in [0.15, 0.2) is 18.2 Å². The molecule has 0 saturated heterocycles. The molecule has 2 heterocycles. The van der Waals surface area contributed by atoms with Gasteiger partial charge in [-0.25, -0.2) is 14.2 Å². The molecule has 158 valence electrons. The van der Waals surface area contributed by atoms with E-state index in [0.717, 1.165) is 40.2 Å². The number of carboxylic acid groups (broad SMARTS) is 1. The lowest BCUT2D eigenvalue weighted by Gasteiger charge is -2.35. The molecule has 0 bridgehead atoms. The number of aryl methyl sites for hydroxylation is 2. The van der Waals surface area contributed by atoms with Gasteiger partial charge in [-0.1, -0.05) is 13.0 Å². The van der Waals surface area contributed by atoms with Crippen LogP contribution in [-0.4, -0.2) is 32.2 Å². The third-order valence-electron chi connectivity index (χ3n) is 5.06. The fourth-order valence-corrected chi connectivity index (χ4v) is 4.67. The van der Waals surface area contributed by atoms with E-state index in [0.29, 0.717) is 25.1 Å². The maximum Gasteiger partial charge on any atom is 0.419 e. The minimum absolute atomic E-state index is 0.244. The fourth-order valence-electron chi connectivity index (χ4n) is 3.74. The first kappa shape index (κ1) is 21.8. The third-order valence-corrected chi connectivity index (χ3v) is 5.86. The molecule has 1 N–H and O–H groups in total. The molecule has 1 aliphatic rings. The Morgan fingerprint density at radius 2 is 2.03 bits per heavy atom. The van der Waals surface area contributed by atoms with Crippen molar-refractivity contribution in [2.24, 2.45) is 0 Å². The van der Waals surface area contributed by atoms with E-state index in [-0.39, 0.29) is 6.42 Å². The Balaban J connectivity index is 1.87. The van der Waals surface area contributed by atoms with Crippen LogP contribution in [0.5, 0.6) is 0 Å². The van der Waals surface area contributed by atoms with Crippen molar-refractivity contribution in [1.29, 1.82) is 0 Å². The highest BCUT2D eigenvalue weighted by Crippen LogP contribution is 2.35. The second kappa shape index (κ2) is 8.49. The van der Waals surface area contributed by atoms with Gasteiger partial charge in [-0.3, -0.25) is 4.90 Å². The van der Waals surface area contributed by atoms with Gasteiger partial charge in [0.25, 0.3) is 0 Å². The lowest BCUT2D eigenvalue weighted by molar-refractivity contribution is -0.140. The fraction of sp³-hybridized carbons (Fsp3) is 0.474. The van der Waals surface area contributed by atoms with Gasteiger partial charge < -0.3 is 9.67 Å². The van der Waals surface area contributed by atoms with Gasteiger partial charge in [-0.05, 0) is 59.5 Å². The molecule has 0 radical (unpaired) electrons. The number of aromatic nitrogens is 2. The van der Waals surface area contributed by atoms with Gasteiger partial charge in [-0.2, -0.15) is 13.2 Å². The average Bonchev–Trinajstić information content (AvgIpc) is 2.95. The summed E-state index contributed by atoms with van der Waals surface area (Å²) in [6.45, 7) is 2.85. The van der Waals surface area contributed by atoms with E-state index < -0.39 is 29.7 Å². The minimum atomic E-state index is -4.75. The van der Waals surface area contributed by atoms with E-state index in [1.165, 1.54) is 11.0 Å². The lowest BCUT2D eigenvalue weighted by Crippen LogP contribution is -2.42. The van der Waals surface area contributed by atoms with E-state index in [9.17, 15) is 27.5 Å². The van der Waals surface area contributed by atoms with Crippen molar-refractivity contribution in [1.82, 2.24) is 14.5 Å². The molecule has 1 atom stereocenters. The molecule has 1 aromatic heterocycles. The zero-order valence-electron chi connectivity index (χ0n) is 15.6. The number of benzene rings is 1. The number of nitrogens with zero attached hydrogens (tertiary/aromatic N) is 3. The van der Waals surface area contributed by atoms with E-state index in [1.54, 1.807) is 0 Å². The molecule has 0 aliphatic carbocycles. The second-order valence-corrected chi connectivity index (χ2v) is 7.97. The zero-order valence-corrected chi connectivity index (χ0v) is 17.8. The Kier molecular flexibility index (Phi) is 6.39. The number of halogens is 5. The summed E-state index contributed by atoms with van der Waals surface area (Å²) >= 11 is 2.09. The van der Waals surface area contributed by atoms with Crippen LogP contribution in [0, 0.1) is 9.52 Å². The SMILES string of the molecule is CCCc1nc(I)c2n1CCN(C(=O)O)C2CCc1ccc(C(F)(F)F)c(F)c1. The summed E-state index contributed by atoms with van der Waals surface area (Å²) in [5.41, 5.74) is -0.112. The predicted octanol–water partition coefficient (Wildman–Crippen LogP) is 5.27. The van der Waals surface area contributed by atoms with Gasteiger partial charge in [0.05, 0.1) is 17.3 Å². The number of fused-ring (bicyclic) bond motifs is 1. The summed E-state index contributed by atoms with van der Waals surface area (Å²) in [6.07, 6.45) is -3.55. The van der Waals surface area contributed by atoms with Crippen LogP contribution < -0.4 is 0 Å². The van der Waals surface area contributed by atoms with E-state index >= 15 is 0 Å².